The van der Waals surface area contributed by atoms with Crippen LogP contribution < -0.4 is 0 Å². The topological polar surface area (TPSA) is 0 Å². The summed E-state index contributed by atoms with van der Waals surface area (Å²) >= 11 is 0. The van der Waals surface area contributed by atoms with Crippen molar-refractivity contribution in [1.29, 1.82) is 0 Å². The van der Waals surface area contributed by atoms with E-state index in [2.05, 4.69) is 13.2 Å². The van der Waals surface area contributed by atoms with Crippen molar-refractivity contribution in [2.75, 3.05) is 0 Å². The zero-order chi connectivity index (χ0) is 8.04. The summed E-state index contributed by atoms with van der Waals surface area (Å²) in [6, 6.07) is 0. The molecule has 0 heterocycles. The maximum absolute atomic E-state index is 12.5. The van der Waals surface area contributed by atoms with Gasteiger partial charge in [0.15, 0.2) is 0 Å². The number of hydrogen-bond acceptors (Lipinski definition) is 0. The molecule has 0 unspecified atom stereocenters. The molecule has 0 fully saturated rings. The van der Waals surface area contributed by atoms with Crippen LogP contribution in [0.2, 0.25) is 0 Å². The summed E-state index contributed by atoms with van der Waals surface area (Å²) in [5, 5.41) is 0. The van der Waals surface area contributed by atoms with Gasteiger partial charge in [-0.15, -0.1) is 13.2 Å². The molecule has 0 radical (unpaired) electrons. The van der Waals surface area contributed by atoms with E-state index in [4.69, 9.17) is 0 Å². The predicted molar refractivity (Wildman–Crippen MR) is 39.2 cm³/mol. The highest BCUT2D eigenvalue weighted by molar-refractivity contribution is 4.81. The van der Waals surface area contributed by atoms with Gasteiger partial charge in [0.1, 0.15) is 0 Å². The van der Waals surface area contributed by atoms with Gasteiger partial charge >= 0.3 is 0 Å². The Bertz CT molecular complexity index is 116. The Kier molecular flexibility index (Phi) is 3.93. The van der Waals surface area contributed by atoms with Crippen molar-refractivity contribution in [2.45, 2.75) is 25.2 Å². The van der Waals surface area contributed by atoms with Gasteiger partial charge in [-0.2, -0.15) is 0 Å². The fourth-order valence-electron chi connectivity index (χ4n) is 0.626. The minimum Gasteiger partial charge on any atom is -0.207 e. The predicted octanol–water partition coefficient (Wildman–Crippen LogP) is 3.16. The lowest BCUT2D eigenvalue weighted by atomic mass is 10.1. The molecule has 0 bridgehead atoms. The third kappa shape index (κ3) is 4.24. The molecule has 2 heteroatoms. The average molecular weight is 146 g/mol. The first-order valence-electron chi connectivity index (χ1n) is 3.22. The number of alkyl halides is 2. The molecule has 0 aromatic rings. The summed E-state index contributed by atoms with van der Waals surface area (Å²) in [5.41, 5.74) is 0. The van der Waals surface area contributed by atoms with Gasteiger partial charge in [-0.05, 0) is 6.42 Å². The molecular formula is C8H12F2. The first-order valence-corrected chi connectivity index (χ1v) is 3.22. The first kappa shape index (κ1) is 9.34. The third-order valence-electron chi connectivity index (χ3n) is 1.16. The third-order valence-corrected chi connectivity index (χ3v) is 1.16. The maximum atomic E-state index is 12.5. The van der Waals surface area contributed by atoms with Crippen molar-refractivity contribution >= 4 is 0 Å². The van der Waals surface area contributed by atoms with E-state index >= 15 is 0 Å². The zero-order valence-electron chi connectivity index (χ0n) is 5.95. The molecule has 0 saturated carbocycles. The molecule has 10 heavy (non-hydrogen) atoms. The smallest absolute Gasteiger partial charge is 0.207 e. The Morgan fingerprint density at radius 2 is 1.80 bits per heavy atom. The minimum atomic E-state index is -2.59. The van der Waals surface area contributed by atoms with E-state index in [0.717, 1.165) is 0 Å². The van der Waals surface area contributed by atoms with E-state index in [1.165, 1.54) is 12.2 Å². The monoisotopic (exact) mass is 146 g/mol. The van der Waals surface area contributed by atoms with Crippen LogP contribution in [0, 0.1) is 0 Å². The van der Waals surface area contributed by atoms with Gasteiger partial charge in [0.25, 0.3) is 5.92 Å². The fraction of sp³-hybridized carbons (Fsp3) is 0.500. The highest BCUT2D eigenvalue weighted by Crippen LogP contribution is 2.24. The number of hydrogen-bond donors (Lipinski definition) is 0. The Morgan fingerprint density at radius 3 is 2.20 bits per heavy atom. The van der Waals surface area contributed by atoms with Crippen molar-refractivity contribution in [3.8, 4) is 0 Å². The second-order valence-corrected chi connectivity index (χ2v) is 2.18. The van der Waals surface area contributed by atoms with E-state index in [1.807, 2.05) is 0 Å². The normalized spacial score (nSPS) is 11.0. The molecular weight excluding hydrogens is 134 g/mol. The van der Waals surface area contributed by atoms with Crippen LogP contribution in [0.4, 0.5) is 8.78 Å². The molecule has 0 aliphatic heterocycles. The average Bonchev–Trinajstić information content (AvgIpc) is 1.84. The lowest BCUT2D eigenvalue weighted by Gasteiger charge is -2.11. The van der Waals surface area contributed by atoms with Gasteiger partial charge < -0.3 is 0 Å². The summed E-state index contributed by atoms with van der Waals surface area (Å²) in [5.74, 6) is -2.59. The Labute approximate surface area is 60.2 Å². The van der Waals surface area contributed by atoms with Crippen molar-refractivity contribution in [3.63, 3.8) is 0 Å². The number of rotatable bonds is 5. The summed E-state index contributed by atoms with van der Waals surface area (Å²) in [7, 11) is 0. The molecule has 0 rings (SSSR count). The lowest BCUT2D eigenvalue weighted by molar-refractivity contribution is -0.00328. The van der Waals surface area contributed by atoms with E-state index in [1.54, 1.807) is 0 Å². The molecule has 0 aliphatic rings. The molecule has 0 N–H and O–H groups in total. The van der Waals surface area contributed by atoms with E-state index in [-0.39, 0.29) is 12.8 Å². The quantitative estimate of drug-likeness (QED) is 0.522. The molecule has 0 spiro atoms. The first-order chi connectivity index (χ1) is 4.62. The minimum absolute atomic E-state index is 0.123. The van der Waals surface area contributed by atoms with E-state index in [0.29, 0.717) is 6.42 Å². The lowest BCUT2D eigenvalue weighted by Crippen LogP contribution is -2.13. The van der Waals surface area contributed by atoms with Crippen LogP contribution in [-0.2, 0) is 0 Å². The highest BCUT2D eigenvalue weighted by atomic mass is 19.3. The van der Waals surface area contributed by atoms with E-state index in [9.17, 15) is 8.78 Å². The van der Waals surface area contributed by atoms with Gasteiger partial charge in [-0.25, -0.2) is 8.78 Å². The van der Waals surface area contributed by atoms with Gasteiger partial charge in [0.2, 0.25) is 0 Å². The van der Waals surface area contributed by atoms with Crippen LogP contribution in [0.5, 0.6) is 0 Å². The molecule has 0 atom stereocenters. The number of allylic oxidation sites excluding steroid dienone is 2. The molecule has 0 nitrogen and oxygen atoms in total. The maximum Gasteiger partial charge on any atom is 0.251 e. The molecule has 0 aromatic carbocycles. The number of halogens is 2. The standard InChI is InChI=1S/C8H12F2/c1-3-5-7-8(9,10)6-4-2/h3-4H,1-2,5-7H2. The van der Waals surface area contributed by atoms with Crippen LogP contribution in [0.25, 0.3) is 0 Å². The highest BCUT2D eigenvalue weighted by Gasteiger charge is 2.25. The fourth-order valence-corrected chi connectivity index (χ4v) is 0.626. The van der Waals surface area contributed by atoms with Crippen LogP contribution in [0.15, 0.2) is 25.3 Å². The van der Waals surface area contributed by atoms with Gasteiger partial charge in [-0.1, -0.05) is 12.2 Å². The molecule has 0 aliphatic carbocycles. The summed E-state index contributed by atoms with van der Waals surface area (Å²) < 4.78 is 25.0. The Balaban J connectivity index is 3.61. The van der Waals surface area contributed by atoms with E-state index < -0.39 is 5.92 Å². The van der Waals surface area contributed by atoms with Crippen LogP contribution in [0.3, 0.4) is 0 Å². The molecule has 0 amide bonds. The largest absolute Gasteiger partial charge is 0.251 e. The van der Waals surface area contributed by atoms with Gasteiger partial charge in [0, 0.05) is 12.8 Å². The molecule has 0 aromatic heterocycles. The summed E-state index contributed by atoms with van der Waals surface area (Å²) in [6.45, 7) is 6.61. The van der Waals surface area contributed by atoms with Crippen molar-refractivity contribution < 1.29 is 8.78 Å². The SMILES string of the molecule is C=CCCC(F)(F)CC=C. The summed E-state index contributed by atoms with van der Waals surface area (Å²) in [6.07, 6.45) is 2.74. The molecule has 58 valence electrons. The Morgan fingerprint density at radius 1 is 1.20 bits per heavy atom. The van der Waals surface area contributed by atoms with Crippen LogP contribution in [0.1, 0.15) is 19.3 Å². The Hall–Kier alpha value is -0.660. The van der Waals surface area contributed by atoms with Crippen LogP contribution in [-0.4, -0.2) is 5.92 Å². The van der Waals surface area contributed by atoms with Crippen LogP contribution >= 0.6 is 0 Å². The zero-order valence-corrected chi connectivity index (χ0v) is 5.95. The van der Waals surface area contributed by atoms with Crippen molar-refractivity contribution in [2.24, 2.45) is 0 Å². The van der Waals surface area contributed by atoms with Gasteiger partial charge in [-0.3, -0.25) is 0 Å². The second-order valence-electron chi connectivity index (χ2n) is 2.18. The van der Waals surface area contributed by atoms with Gasteiger partial charge in [0.05, 0.1) is 0 Å². The summed E-state index contributed by atoms with van der Waals surface area (Å²) in [4.78, 5) is 0. The molecule has 0 saturated heterocycles. The van der Waals surface area contributed by atoms with Crippen molar-refractivity contribution in [1.82, 2.24) is 0 Å². The second kappa shape index (κ2) is 4.20. The van der Waals surface area contributed by atoms with Crippen molar-refractivity contribution in [3.05, 3.63) is 25.3 Å².